The second-order valence-corrected chi connectivity index (χ2v) is 4.41. The number of hydrogen-bond acceptors (Lipinski definition) is 1. The zero-order valence-corrected chi connectivity index (χ0v) is 8.31. The molecule has 2 aliphatic carbocycles. The van der Waals surface area contributed by atoms with E-state index in [1.165, 1.54) is 36.0 Å². The van der Waals surface area contributed by atoms with Gasteiger partial charge in [-0.3, -0.25) is 4.79 Å². The van der Waals surface area contributed by atoms with Gasteiger partial charge >= 0.3 is 0 Å². The maximum atomic E-state index is 11.7. The Balaban J connectivity index is 2.17. The highest BCUT2D eigenvalue weighted by Crippen LogP contribution is 2.29. The highest BCUT2D eigenvalue weighted by Gasteiger charge is 2.21. The smallest absolute Gasteiger partial charge is 0.163 e. The van der Waals surface area contributed by atoms with Crippen molar-refractivity contribution in [1.82, 2.24) is 0 Å². The summed E-state index contributed by atoms with van der Waals surface area (Å²) in [4.78, 5) is 11.7. The topological polar surface area (TPSA) is 17.1 Å². The first-order valence-electron chi connectivity index (χ1n) is 5.52. The van der Waals surface area contributed by atoms with E-state index >= 15 is 0 Å². The van der Waals surface area contributed by atoms with E-state index in [4.69, 9.17) is 0 Å². The van der Waals surface area contributed by atoms with Gasteiger partial charge in [0.25, 0.3) is 0 Å². The normalized spacial score (nSPS) is 19.3. The van der Waals surface area contributed by atoms with Gasteiger partial charge in [-0.05, 0) is 54.9 Å². The lowest BCUT2D eigenvalue weighted by Gasteiger charge is -2.16. The molecule has 3 rings (SSSR count). The third kappa shape index (κ3) is 1.12. The van der Waals surface area contributed by atoms with Crippen LogP contribution in [-0.2, 0) is 19.3 Å². The molecule has 72 valence electrons. The molecule has 0 fully saturated rings. The first-order valence-corrected chi connectivity index (χ1v) is 5.52. The molecule has 0 saturated carbocycles. The van der Waals surface area contributed by atoms with Gasteiger partial charge in [-0.1, -0.05) is 6.07 Å². The van der Waals surface area contributed by atoms with Crippen molar-refractivity contribution in [3.8, 4) is 0 Å². The molecule has 1 aromatic carbocycles. The zero-order chi connectivity index (χ0) is 9.54. The van der Waals surface area contributed by atoms with E-state index < -0.39 is 0 Å². The minimum atomic E-state index is 0.362. The van der Waals surface area contributed by atoms with Crippen molar-refractivity contribution in [2.75, 3.05) is 0 Å². The van der Waals surface area contributed by atoms with Gasteiger partial charge in [0.05, 0.1) is 0 Å². The minimum Gasteiger partial charge on any atom is -0.294 e. The molecule has 1 heteroatoms. The van der Waals surface area contributed by atoms with Gasteiger partial charge in [-0.2, -0.15) is 0 Å². The van der Waals surface area contributed by atoms with Crippen LogP contribution in [0.5, 0.6) is 0 Å². The van der Waals surface area contributed by atoms with E-state index in [-0.39, 0.29) is 0 Å². The molecule has 0 aliphatic heterocycles. The van der Waals surface area contributed by atoms with Crippen LogP contribution in [0.3, 0.4) is 0 Å². The monoisotopic (exact) mass is 186 g/mol. The van der Waals surface area contributed by atoms with Crippen LogP contribution in [0.15, 0.2) is 12.1 Å². The number of ketones is 1. The van der Waals surface area contributed by atoms with Crippen LogP contribution in [0.2, 0.25) is 0 Å². The second kappa shape index (κ2) is 2.94. The molecule has 0 aromatic heterocycles. The highest BCUT2D eigenvalue weighted by molar-refractivity contribution is 5.98. The number of carbonyl (C=O) groups is 1. The summed E-state index contributed by atoms with van der Waals surface area (Å²) in [6.07, 6.45) is 6.57. The Morgan fingerprint density at radius 1 is 0.786 bits per heavy atom. The van der Waals surface area contributed by atoms with Crippen molar-refractivity contribution < 1.29 is 4.79 Å². The van der Waals surface area contributed by atoms with Gasteiger partial charge in [-0.25, -0.2) is 0 Å². The summed E-state index contributed by atoms with van der Waals surface area (Å²) >= 11 is 0. The van der Waals surface area contributed by atoms with Gasteiger partial charge in [0.15, 0.2) is 5.78 Å². The number of rotatable bonds is 0. The SMILES string of the molecule is O=C1CCCc2cc3c(cc21)CCC3. The molecule has 0 saturated heterocycles. The third-order valence-corrected chi connectivity index (χ3v) is 3.47. The molecule has 2 aliphatic rings. The van der Waals surface area contributed by atoms with Crippen LogP contribution in [0, 0.1) is 0 Å². The minimum absolute atomic E-state index is 0.362. The molecule has 0 atom stereocenters. The van der Waals surface area contributed by atoms with Crippen LogP contribution in [0.1, 0.15) is 46.3 Å². The number of benzene rings is 1. The molecule has 0 amide bonds. The van der Waals surface area contributed by atoms with Crippen molar-refractivity contribution >= 4 is 5.78 Å². The first-order chi connectivity index (χ1) is 6.84. The second-order valence-electron chi connectivity index (χ2n) is 4.41. The molecule has 0 spiro atoms. The third-order valence-electron chi connectivity index (χ3n) is 3.47. The molecule has 1 nitrogen and oxygen atoms in total. The molecule has 0 bridgehead atoms. The van der Waals surface area contributed by atoms with Crippen LogP contribution in [0.25, 0.3) is 0 Å². The van der Waals surface area contributed by atoms with Crippen LogP contribution in [0.4, 0.5) is 0 Å². The first kappa shape index (κ1) is 8.22. The summed E-state index contributed by atoms with van der Waals surface area (Å²) in [6, 6.07) is 4.45. The Morgan fingerprint density at radius 2 is 1.43 bits per heavy atom. The van der Waals surface area contributed by atoms with Crippen LogP contribution < -0.4 is 0 Å². The number of Topliss-reactive ketones (excluding diaryl/α,β-unsaturated/α-hetero) is 1. The van der Waals surface area contributed by atoms with Crippen molar-refractivity contribution in [1.29, 1.82) is 0 Å². The van der Waals surface area contributed by atoms with E-state index in [9.17, 15) is 4.79 Å². The van der Waals surface area contributed by atoms with E-state index in [2.05, 4.69) is 12.1 Å². The fourth-order valence-corrected chi connectivity index (χ4v) is 2.72. The Bertz CT molecular complexity index is 404. The van der Waals surface area contributed by atoms with Crippen molar-refractivity contribution in [3.63, 3.8) is 0 Å². The summed E-state index contributed by atoms with van der Waals surface area (Å²) in [5.74, 6) is 0.362. The predicted molar refractivity (Wildman–Crippen MR) is 55.7 cm³/mol. The Hall–Kier alpha value is -1.11. The summed E-state index contributed by atoms with van der Waals surface area (Å²) < 4.78 is 0. The molecule has 0 radical (unpaired) electrons. The lowest BCUT2D eigenvalue weighted by Crippen LogP contribution is -2.11. The maximum absolute atomic E-state index is 11.7. The van der Waals surface area contributed by atoms with E-state index in [1.54, 1.807) is 0 Å². The molecule has 14 heavy (non-hydrogen) atoms. The lowest BCUT2D eigenvalue weighted by molar-refractivity contribution is 0.0972. The highest BCUT2D eigenvalue weighted by atomic mass is 16.1. The number of aryl methyl sites for hydroxylation is 3. The number of fused-ring (bicyclic) bond motifs is 2. The fourth-order valence-electron chi connectivity index (χ4n) is 2.72. The van der Waals surface area contributed by atoms with Gasteiger partial charge in [0, 0.05) is 12.0 Å². The van der Waals surface area contributed by atoms with Gasteiger partial charge in [0.1, 0.15) is 0 Å². The standard InChI is InChI=1S/C13H14O/c14-13-6-2-5-11-7-9-3-1-4-10(9)8-12(11)13/h7-8H,1-6H2. The molecule has 0 heterocycles. The van der Waals surface area contributed by atoms with E-state index in [0.29, 0.717) is 5.78 Å². The summed E-state index contributed by atoms with van der Waals surface area (Å²) in [5, 5.41) is 0. The van der Waals surface area contributed by atoms with Crippen LogP contribution in [-0.4, -0.2) is 5.78 Å². The average Bonchev–Trinajstić information content (AvgIpc) is 2.62. The Kier molecular flexibility index (Phi) is 1.73. The van der Waals surface area contributed by atoms with Crippen molar-refractivity contribution in [3.05, 3.63) is 34.4 Å². The van der Waals surface area contributed by atoms with Crippen LogP contribution >= 0.6 is 0 Å². The molecular formula is C13H14O. The lowest BCUT2D eigenvalue weighted by atomic mass is 9.88. The van der Waals surface area contributed by atoms with Crippen molar-refractivity contribution in [2.45, 2.75) is 38.5 Å². The van der Waals surface area contributed by atoms with Gasteiger partial charge in [-0.15, -0.1) is 0 Å². The van der Waals surface area contributed by atoms with Gasteiger partial charge in [0.2, 0.25) is 0 Å². The molecule has 0 unspecified atom stereocenters. The zero-order valence-electron chi connectivity index (χ0n) is 8.31. The molecule has 1 aromatic rings. The predicted octanol–water partition coefficient (Wildman–Crippen LogP) is 2.69. The van der Waals surface area contributed by atoms with Crippen molar-refractivity contribution in [2.24, 2.45) is 0 Å². The molecule has 0 N–H and O–H groups in total. The summed E-state index contributed by atoms with van der Waals surface area (Å²) in [7, 11) is 0. The van der Waals surface area contributed by atoms with E-state index in [0.717, 1.165) is 24.8 Å². The fraction of sp³-hybridized carbons (Fsp3) is 0.462. The number of hydrogen-bond donors (Lipinski definition) is 0. The Morgan fingerprint density at radius 3 is 2.29 bits per heavy atom. The van der Waals surface area contributed by atoms with E-state index in [1.807, 2.05) is 0 Å². The summed E-state index contributed by atoms with van der Waals surface area (Å²) in [6.45, 7) is 0. The largest absolute Gasteiger partial charge is 0.294 e. The Labute approximate surface area is 84.1 Å². The average molecular weight is 186 g/mol. The number of carbonyl (C=O) groups excluding carboxylic acids is 1. The quantitative estimate of drug-likeness (QED) is 0.609. The molecular weight excluding hydrogens is 172 g/mol. The summed E-state index contributed by atoms with van der Waals surface area (Å²) in [5.41, 5.74) is 5.26. The van der Waals surface area contributed by atoms with Gasteiger partial charge < -0.3 is 0 Å². The maximum Gasteiger partial charge on any atom is 0.163 e.